The summed E-state index contributed by atoms with van der Waals surface area (Å²) in [5.41, 5.74) is 0.897. The third-order valence-corrected chi connectivity index (χ3v) is 2.57. The third-order valence-electron chi connectivity index (χ3n) is 2.57. The number of benzene rings is 1. The summed E-state index contributed by atoms with van der Waals surface area (Å²) in [5.74, 6) is 0.609. The smallest absolute Gasteiger partial charge is 0.273 e. The van der Waals surface area contributed by atoms with Gasteiger partial charge < -0.3 is 19.9 Å². The minimum atomic E-state index is -0.315. The molecule has 0 fully saturated rings. The summed E-state index contributed by atoms with van der Waals surface area (Å²) >= 11 is 0. The molecule has 0 atom stereocenters. The molecule has 2 aromatic rings. The van der Waals surface area contributed by atoms with Gasteiger partial charge in [0.25, 0.3) is 5.91 Å². The van der Waals surface area contributed by atoms with Gasteiger partial charge in [0.05, 0.1) is 0 Å². The fraction of sp³-hybridized carbons (Fsp3) is 0.214. The molecule has 2 amide bonds. The van der Waals surface area contributed by atoms with Gasteiger partial charge in [-0.05, 0) is 24.3 Å². The summed E-state index contributed by atoms with van der Waals surface area (Å²) in [6.07, 6.45) is 0. The first-order valence-corrected chi connectivity index (χ1v) is 6.26. The van der Waals surface area contributed by atoms with Crippen LogP contribution in [0.25, 0.3) is 0 Å². The Morgan fingerprint density at radius 3 is 2.62 bits per heavy atom. The van der Waals surface area contributed by atoms with Crippen LogP contribution in [0.4, 0.5) is 5.69 Å². The average molecular weight is 289 g/mol. The lowest BCUT2D eigenvalue weighted by Gasteiger charge is -2.05. The Bertz CT molecular complexity index is 634. The van der Waals surface area contributed by atoms with Crippen molar-refractivity contribution in [1.82, 2.24) is 10.5 Å². The molecule has 1 heterocycles. The zero-order valence-corrected chi connectivity index (χ0v) is 11.7. The van der Waals surface area contributed by atoms with Crippen molar-refractivity contribution in [1.29, 1.82) is 0 Å². The van der Waals surface area contributed by atoms with E-state index in [0.717, 1.165) is 0 Å². The average Bonchev–Trinajstić information content (AvgIpc) is 2.94. The largest absolute Gasteiger partial charge is 0.486 e. The van der Waals surface area contributed by atoms with Gasteiger partial charge in [0.2, 0.25) is 5.91 Å². The Hall–Kier alpha value is -2.83. The fourth-order valence-electron chi connectivity index (χ4n) is 1.61. The molecule has 7 nitrogen and oxygen atoms in total. The Morgan fingerprint density at radius 2 is 2.00 bits per heavy atom. The molecule has 0 bridgehead atoms. The van der Waals surface area contributed by atoms with Crippen LogP contribution in [0.1, 0.15) is 23.2 Å². The number of nitrogens with zero attached hydrogens (tertiary/aromatic N) is 1. The van der Waals surface area contributed by atoms with Gasteiger partial charge in [-0.15, -0.1) is 0 Å². The summed E-state index contributed by atoms with van der Waals surface area (Å²) in [4.78, 5) is 22.2. The number of hydrogen-bond acceptors (Lipinski definition) is 5. The summed E-state index contributed by atoms with van der Waals surface area (Å²) in [6.45, 7) is 1.60. The molecule has 2 N–H and O–H groups in total. The first kappa shape index (κ1) is 14.6. The molecule has 7 heteroatoms. The first-order chi connectivity index (χ1) is 10.1. The zero-order chi connectivity index (χ0) is 15.2. The van der Waals surface area contributed by atoms with Crippen molar-refractivity contribution in [3.8, 4) is 5.75 Å². The van der Waals surface area contributed by atoms with Crippen molar-refractivity contribution in [2.75, 3.05) is 12.4 Å². The maximum absolute atomic E-state index is 11.3. The molecule has 0 saturated carbocycles. The maximum atomic E-state index is 11.3. The number of nitrogens with one attached hydrogen (secondary N) is 2. The number of hydrogen-bond donors (Lipinski definition) is 2. The monoisotopic (exact) mass is 289 g/mol. The van der Waals surface area contributed by atoms with Crippen molar-refractivity contribution in [3.63, 3.8) is 0 Å². The standard InChI is InChI=1S/C14H15N3O4/c1-9(18)16-10-3-5-11(6-4-10)20-8-12-7-13(17-21-12)14(19)15-2/h3-7H,8H2,1-2H3,(H,15,19)(H,16,18). The number of anilines is 1. The molecule has 0 spiro atoms. The van der Waals surface area contributed by atoms with E-state index in [9.17, 15) is 9.59 Å². The number of ether oxygens (including phenoxy) is 1. The number of amides is 2. The quantitative estimate of drug-likeness (QED) is 0.871. The highest BCUT2D eigenvalue weighted by molar-refractivity contribution is 5.91. The number of rotatable bonds is 5. The topological polar surface area (TPSA) is 93.5 Å². The summed E-state index contributed by atoms with van der Waals surface area (Å²) in [6, 6.07) is 8.42. The summed E-state index contributed by atoms with van der Waals surface area (Å²) in [5, 5.41) is 8.75. The van der Waals surface area contributed by atoms with Crippen LogP contribution >= 0.6 is 0 Å². The van der Waals surface area contributed by atoms with E-state index in [4.69, 9.17) is 9.26 Å². The zero-order valence-electron chi connectivity index (χ0n) is 11.7. The number of aromatic nitrogens is 1. The Balaban J connectivity index is 1.92. The molecule has 0 aliphatic heterocycles. The van der Waals surface area contributed by atoms with Gasteiger partial charge in [-0.25, -0.2) is 0 Å². The van der Waals surface area contributed by atoms with E-state index in [-0.39, 0.29) is 24.1 Å². The van der Waals surface area contributed by atoms with E-state index < -0.39 is 0 Å². The second-order valence-corrected chi connectivity index (χ2v) is 4.25. The van der Waals surface area contributed by atoms with Gasteiger partial charge in [-0.2, -0.15) is 0 Å². The van der Waals surface area contributed by atoms with Crippen molar-refractivity contribution in [2.45, 2.75) is 13.5 Å². The minimum Gasteiger partial charge on any atom is -0.486 e. The highest BCUT2D eigenvalue weighted by Crippen LogP contribution is 2.17. The van der Waals surface area contributed by atoms with E-state index >= 15 is 0 Å². The third kappa shape index (κ3) is 4.07. The SMILES string of the molecule is CNC(=O)c1cc(COc2ccc(NC(C)=O)cc2)on1. The Labute approximate surface area is 121 Å². The van der Waals surface area contributed by atoms with Crippen LogP contribution in [0.15, 0.2) is 34.9 Å². The van der Waals surface area contributed by atoms with Crippen LogP contribution in [0.3, 0.4) is 0 Å². The van der Waals surface area contributed by atoms with E-state index in [1.807, 2.05) is 0 Å². The molecule has 0 unspecified atom stereocenters. The predicted molar refractivity (Wildman–Crippen MR) is 75.0 cm³/mol. The van der Waals surface area contributed by atoms with Gasteiger partial charge in [-0.1, -0.05) is 5.16 Å². The fourth-order valence-corrected chi connectivity index (χ4v) is 1.61. The first-order valence-electron chi connectivity index (χ1n) is 6.26. The molecule has 1 aromatic heterocycles. The molecular formula is C14H15N3O4. The maximum Gasteiger partial charge on any atom is 0.273 e. The molecule has 21 heavy (non-hydrogen) atoms. The number of carbonyl (C=O) groups excluding carboxylic acids is 2. The van der Waals surface area contributed by atoms with Crippen LogP contribution in [0.2, 0.25) is 0 Å². The van der Waals surface area contributed by atoms with Crippen molar-refractivity contribution in [3.05, 3.63) is 41.8 Å². The molecule has 0 aliphatic rings. The van der Waals surface area contributed by atoms with Crippen molar-refractivity contribution >= 4 is 17.5 Å². The molecule has 0 saturated heterocycles. The van der Waals surface area contributed by atoms with Gasteiger partial charge >= 0.3 is 0 Å². The van der Waals surface area contributed by atoms with Crippen LogP contribution in [0, 0.1) is 0 Å². The van der Waals surface area contributed by atoms with E-state index in [1.165, 1.54) is 20.0 Å². The van der Waals surface area contributed by atoms with E-state index in [2.05, 4.69) is 15.8 Å². The molecule has 0 radical (unpaired) electrons. The summed E-state index contributed by atoms with van der Waals surface area (Å²) in [7, 11) is 1.52. The van der Waals surface area contributed by atoms with Crippen LogP contribution in [0.5, 0.6) is 5.75 Å². The van der Waals surface area contributed by atoms with Crippen LogP contribution < -0.4 is 15.4 Å². The molecule has 0 aliphatic carbocycles. The Kier molecular flexibility index (Phi) is 4.55. The van der Waals surface area contributed by atoms with Gasteiger partial charge in [0.15, 0.2) is 11.5 Å². The van der Waals surface area contributed by atoms with Crippen molar-refractivity contribution < 1.29 is 18.8 Å². The molecule has 110 valence electrons. The predicted octanol–water partition coefficient (Wildman–Crippen LogP) is 1.57. The highest BCUT2D eigenvalue weighted by Gasteiger charge is 2.11. The van der Waals surface area contributed by atoms with Crippen LogP contribution in [-0.4, -0.2) is 24.0 Å². The van der Waals surface area contributed by atoms with E-state index in [0.29, 0.717) is 17.2 Å². The lowest BCUT2D eigenvalue weighted by atomic mass is 10.3. The van der Waals surface area contributed by atoms with Crippen molar-refractivity contribution in [2.24, 2.45) is 0 Å². The lowest BCUT2D eigenvalue weighted by molar-refractivity contribution is -0.114. The minimum absolute atomic E-state index is 0.132. The second-order valence-electron chi connectivity index (χ2n) is 4.25. The molecule has 2 rings (SSSR count). The second kappa shape index (κ2) is 6.56. The van der Waals surface area contributed by atoms with E-state index in [1.54, 1.807) is 24.3 Å². The normalized spacial score (nSPS) is 10.0. The highest BCUT2D eigenvalue weighted by atomic mass is 16.5. The lowest BCUT2D eigenvalue weighted by Crippen LogP contribution is -2.17. The Morgan fingerprint density at radius 1 is 1.29 bits per heavy atom. The van der Waals surface area contributed by atoms with Gasteiger partial charge in [-0.3, -0.25) is 9.59 Å². The van der Waals surface area contributed by atoms with Gasteiger partial charge in [0, 0.05) is 25.7 Å². The summed E-state index contributed by atoms with van der Waals surface area (Å²) < 4.78 is 10.5. The van der Waals surface area contributed by atoms with Crippen LogP contribution in [-0.2, 0) is 11.4 Å². The molecule has 1 aromatic carbocycles. The number of carbonyl (C=O) groups is 2. The molecular weight excluding hydrogens is 274 g/mol. The van der Waals surface area contributed by atoms with Gasteiger partial charge in [0.1, 0.15) is 12.4 Å².